The van der Waals surface area contributed by atoms with Gasteiger partial charge >= 0.3 is 5.97 Å². The summed E-state index contributed by atoms with van der Waals surface area (Å²) in [7, 11) is 1.58. The third-order valence-electron chi connectivity index (χ3n) is 5.27. The molecule has 2 N–H and O–H groups in total. The van der Waals surface area contributed by atoms with Crippen LogP contribution < -0.4 is 9.47 Å². The normalized spacial score (nSPS) is 12.2. The fourth-order valence-corrected chi connectivity index (χ4v) is 3.75. The highest BCUT2D eigenvalue weighted by atomic mass is 16.5. The van der Waals surface area contributed by atoms with Gasteiger partial charge in [-0.1, -0.05) is 66.7 Å². The molecule has 0 amide bonds. The molecule has 0 bridgehead atoms. The Labute approximate surface area is 188 Å². The number of hydrogen-bond donors (Lipinski definition) is 2. The van der Waals surface area contributed by atoms with Crippen LogP contribution in [0.3, 0.4) is 0 Å². The Balaban J connectivity index is 1.94. The molecule has 0 aromatic heterocycles. The standard InChI is InChI=1S/C26H28O6/c1-3-31-22-15-14-19(18-23(22)30-2)16-17-32-26(24(27)25(28)29,20-10-6-4-7-11-20)21-12-8-5-9-13-21/h4-15,18,24,27H,3,16-17H2,1-2H3,(H,28,29). The Morgan fingerprint density at radius 1 is 0.938 bits per heavy atom. The molecule has 1 unspecified atom stereocenters. The van der Waals surface area contributed by atoms with Crippen molar-refractivity contribution in [2.75, 3.05) is 20.3 Å². The molecule has 0 saturated heterocycles. The Kier molecular flexibility index (Phi) is 7.87. The van der Waals surface area contributed by atoms with Gasteiger partial charge in [0.25, 0.3) is 0 Å². The van der Waals surface area contributed by atoms with E-state index in [9.17, 15) is 15.0 Å². The predicted molar refractivity (Wildman–Crippen MR) is 121 cm³/mol. The van der Waals surface area contributed by atoms with Crippen LogP contribution in [0.25, 0.3) is 0 Å². The zero-order chi connectivity index (χ0) is 23.0. The summed E-state index contributed by atoms with van der Waals surface area (Å²) in [5, 5.41) is 20.6. The van der Waals surface area contributed by atoms with Gasteiger partial charge in [-0.25, -0.2) is 4.79 Å². The second kappa shape index (κ2) is 10.8. The van der Waals surface area contributed by atoms with Gasteiger partial charge in [0.05, 0.1) is 20.3 Å². The first-order valence-electron chi connectivity index (χ1n) is 10.5. The molecule has 6 heteroatoms. The summed E-state index contributed by atoms with van der Waals surface area (Å²) < 4.78 is 17.2. The van der Waals surface area contributed by atoms with E-state index in [1.165, 1.54) is 0 Å². The van der Waals surface area contributed by atoms with Gasteiger partial charge in [0.1, 0.15) is 0 Å². The Morgan fingerprint density at radius 2 is 1.53 bits per heavy atom. The molecule has 32 heavy (non-hydrogen) atoms. The summed E-state index contributed by atoms with van der Waals surface area (Å²) in [6.45, 7) is 2.61. The van der Waals surface area contributed by atoms with Crippen LogP contribution in [0.2, 0.25) is 0 Å². The van der Waals surface area contributed by atoms with Gasteiger partial charge in [-0.3, -0.25) is 0 Å². The zero-order valence-corrected chi connectivity index (χ0v) is 18.2. The number of aliphatic hydroxyl groups excluding tert-OH is 1. The Morgan fingerprint density at radius 3 is 2.03 bits per heavy atom. The second-order valence-electron chi connectivity index (χ2n) is 7.23. The highest BCUT2D eigenvalue weighted by Gasteiger charge is 2.46. The van der Waals surface area contributed by atoms with Crippen LogP contribution in [0.1, 0.15) is 23.6 Å². The topological polar surface area (TPSA) is 85.2 Å². The summed E-state index contributed by atoms with van der Waals surface area (Å²) in [5.41, 5.74) is 0.491. The maximum atomic E-state index is 11.9. The van der Waals surface area contributed by atoms with Gasteiger partial charge < -0.3 is 24.4 Å². The van der Waals surface area contributed by atoms with Crippen LogP contribution >= 0.6 is 0 Å². The van der Waals surface area contributed by atoms with Gasteiger partial charge in [0, 0.05) is 0 Å². The maximum absolute atomic E-state index is 11.9. The predicted octanol–water partition coefficient (Wildman–Crippen LogP) is 4.04. The first kappa shape index (κ1) is 23.3. The summed E-state index contributed by atoms with van der Waals surface area (Å²) >= 11 is 0. The highest BCUT2D eigenvalue weighted by Crippen LogP contribution is 2.38. The van der Waals surface area contributed by atoms with Crippen molar-refractivity contribution in [1.29, 1.82) is 0 Å². The minimum atomic E-state index is -1.80. The average Bonchev–Trinajstić information content (AvgIpc) is 2.83. The lowest BCUT2D eigenvalue weighted by Gasteiger charge is -2.37. The van der Waals surface area contributed by atoms with E-state index in [0.29, 0.717) is 35.7 Å². The number of benzene rings is 3. The van der Waals surface area contributed by atoms with Gasteiger partial charge in [0.2, 0.25) is 0 Å². The number of rotatable bonds is 11. The van der Waals surface area contributed by atoms with Gasteiger partial charge in [-0.05, 0) is 42.2 Å². The number of aliphatic hydroxyl groups is 1. The molecule has 0 fully saturated rings. The summed E-state index contributed by atoms with van der Waals surface area (Å²) in [6, 6.07) is 23.5. The molecule has 0 saturated carbocycles. The SMILES string of the molecule is CCOc1ccc(CCOC(c2ccccc2)(c2ccccc2)C(O)C(=O)O)cc1OC. The van der Waals surface area contributed by atoms with Crippen molar-refractivity contribution in [3.63, 3.8) is 0 Å². The van der Waals surface area contributed by atoms with Crippen molar-refractivity contribution in [1.82, 2.24) is 0 Å². The van der Waals surface area contributed by atoms with Crippen LogP contribution in [0.4, 0.5) is 0 Å². The van der Waals surface area contributed by atoms with Crippen LogP contribution in [0.5, 0.6) is 11.5 Å². The van der Waals surface area contributed by atoms with E-state index < -0.39 is 17.7 Å². The molecule has 3 rings (SSSR count). The van der Waals surface area contributed by atoms with Gasteiger partial charge in [0.15, 0.2) is 23.2 Å². The van der Waals surface area contributed by atoms with E-state index in [1.807, 2.05) is 37.3 Å². The summed E-state index contributed by atoms with van der Waals surface area (Å²) in [4.78, 5) is 11.9. The third kappa shape index (κ3) is 4.93. The lowest BCUT2D eigenvalue weighted by atomic mass is 9.81. The van der Waals surface area contributed by atoms with Crippen LogP contribution in [0.15, 0.2) is 78.9 Å². The molecular formula is C26H28O6. The molecule has 6 nitrogen and oxygen atoms in total. The molecule has 0 spiro atoms. The van der Waals surface area contributed by atoms with E-state index in [4.69, 9.17) is 14.2 Å². The monoisotopic (exact) mass is 436 g/mol. The van der Waals surface area contributed by atoms with Crippen molar-refractivity contribution >= 4 is 5.97 Å². The van der Waals surface area contributed by atoms with E-state index in [2.05, 4.69) is 0 Å². The molecule has 3 aromatic carbocycles. The fourth-order valence-electron chi connectivity index (χ4n) is 3.75. The third-order valence-corrected chi connectivity index (χ3v) is 5.27. The van der Waals surface area contributed by atoms with Gasteiger partial charge in [-0.2, -0.15) is 0 Å². The lowest BCUT2D eigenvalue weighted by molar-refractivity contribution is -0.167. The molecule has 0 radical (unpaired) electrons. The van der Waals surface area contributed by atoms with E-state index >= 15 is 0 Å². The van der Waals surface area contributed by atoms with Crippen molar-refractivity contribution < 1.29 is 29.2 Å². The minimum Gasteiger partial charge on any atom is -0.493 e. The van der Waals surface area contributed by atoms with Crippen LogP contribution in [-0.4, -0.2) is 42.6 Å². The van der Waals surface area contributed by atoms with Crippen LogP contribution in [-0.2, 0) is 21.6 Å². The number of carboxylic acid groups (broad SMARTS) is 1. The van der Waals surface area contributed by atoms with Crippen molar-refractivity contribution in [2.24, 2.45) is 0 Å². The number of carboxylic acids is 1. The second-order valence-corrected chi connectivity index (χ2v) is 7.23. The van der Waals surface area contributed by atoms with E-state index in [0.717, 1.165) is 5.56 Å². The molecule has 1 atom stereocenters. The lowest BCUT2D eigenvalue weighted by Crippen LogP contribution is -2.48. The first-order valence-corrected chi connectivity index (χ1v) is 10.5. The Bertz CT molecular complexity index is 964. The zero-order valence-electron chi connectivity index (χ0n) is 18.2. The maximum Gasteiger partial charge on any atom is 0.336 e. The molecule has 0 aliphatic rings. The molecule has 0 heterocycles. The molecular weight excluding hydrogens is 408 g/mol. The largest absolute Gasteiger partial charge is 0.493 e. The summed E-state index contributed by atoms with van der Waals surface area (Å²) in [5.74, 6) is -0.0865. The molecule has 3 aromatic rings. The van der Waals surface area contributed by atoms with Crippen molar-refractivity contribution in [3.05, 3.63) is 95.6 Å². The number of methoxy groups -OCH3 is 1. The number of carbonyl (C=O) groups is 1. The highest BCUT2D eigenvalue weighted by molar-refractivity contribution is 5.75. The quantitative estimate of drug-likeness (QED) is 0.472. The fraction of sp³-hybridized carbons (Fsp3) is 0.269. The minimum absolute atomic E-state index is 0.172. The van der Waals surface area contributed by atoms with Crippen molar-refractivity contribution in [3.8, 4) is 11.5 Å². The smallest absolute Gasteiger partial charge is 0.336 e. The summed E-state index contributed by atoms with van der Waals surface area (Å²) in [6.07, 6.45) is -1.32. The number of aliphatic carboxylic acids is 1. The van der Waals surface area contributed by atoms with Crippen LogP contribution in [0, 0.1) is 0 Å². The van der Waals surface area contributed by atoms with E-state index in [-0.39, 0.29) is 6.61 Å². The molecule has 0 aliphatic heterocycles. The Hall–Kier alpha value is -3.35. The molecule has 0 aliphatic carbocycles. The number of ether oxygens (including phenoxy) is 3. The average molecular weight is 437 g/mol. The number of hydrogen-bond acceptors (Lipinski definition) is 5. The van der Waals surface area contributed by atoms with Gasteiger partial charge in [-0.15, -0.1) is 0 Å². The van der Waals surface area contributed by atoms with Crippen molar-refractivity contribution in [2.45, 2.75) is 25.0 Å². The molecule has 168 valence electrons. The van der Waals surface area contributed by atoms with E-state index in [1.54, 1.807) is 55.6 Å². The first-order chi connectivity index (χ1) is 15.5.